The Labute approximate surface area is 101 Å². The van der Waals surface area contributed by atoms with E-state index in [2.05, 4.69) is 15.3 Å². The molecule has 1 N–H and O–H groups in total. The highest BCUT2D eigenvalue weighted by molar-refractivity contribution is 5.91. The Bertz CT molecular complexity index is 372. The van der Waals surface area contributed by atoms with Gasteiger partial charge in [0, 0.05) is 19.3 Å². The normalized spacial score (nSPS) is 19.2. The summed E-state index contributed by atoms with van der Waals surface area (Å²) in [5, 5.41) is 2.82. The summed E-state index contributed by atoms with van der Waals surface area (Å²) in [7, 11) is 0. The predicted molar refractivity (Wildman–Crippen MR) is 62.7 cm³/mol. The quantitative estimate of drug-likeness (QED) is 0.848. The lowest BCUT2D eigenvalue weighted by molar-refractivity contribution is 0.0903. The number of nitrogens with one attached hydrogen (secondary N) is 1. The highest BCUT2D eigenvalue weighted by atomic mass is 16.5. The van der Waals surface area contributed by atoms with Crippen molar-refractivity contribution in [2.45, 2.75) is 32.3 Å². The Hall–Kier alpha value is -1.49. The van der Waals surface area contributed by atoms with Gasteiger partial charge >= 0.3 is 0 Å². The van der Waals surface area contributed by atoms with E-state index < -0.39 is 0 Å². The second-order valence-corrected chi connectivity index (χ2v) is 4.22. The third-order valence-corrected chi connectivity index (χ3v) is 2.79. The molecule has 0 radical (unpaired) electrons. The molecule has 5 heteroatoms. The van der Waals surface area contributed by atoms with E-state index in [9.17, 15) is 4.79 Å². The Morgan fingerprint density at radius 2 is 2.41 bits per heavy atom. The maximum absolute atomic E-state index is 11.7. The van der Waals surface area contributed by atoms with Crippen molar-refractivity contribution in [1.29, 1.82) is 0 Å². The van der Waals surface area contributed by atoms with Crippen molar-refractivity contribution >= 4 is 5.91 Å². The van der Waals surface area contributed by atoms with Crippen LogP contribution >= 0.6 is 0 Å². The number of aryl methyl sites for hydroxylation is 1. The molecule has 2 rings (SSSR count). The minimum Gasteiger partial charge on any atom is -0.378 e. The van der Waals surface area contributed by atoms with Gasteiger partial charge in [0.15, 0.2) is 0 Å². The molecular weight excluding hydrogens is 218 g/mol. The number of ether oxygens (including phenoxy) is 1. The van der Waals surface area contributed by atoms with E-state index in [0.717, 1.165) is 31.6 Å². The van der Waals surface area contributed by atoms with Gasteiger partial charge in [-0.15, -0.1) is 0 Å². The van der Waals surface area contributed by atoms with Crippen molar-refractivity contribution < 1.29 is 9.53 Å². The van der Waals surface area contributed by atoms with Gasteiger partial charge in [-0.25, -0.2) is 4.98 Å². The maximum atomic E-state index is 11.7. The summed E-state index contributed by atoms with van der Waals surface area (Å²) in [4.78, 5) is 19.7. The molecule has 0 aromatic carbocycles. The number of carbonyl (C=O) groups excluding carboxylic acids is 1. The lowest BCUT2D eigenvalue weighted by Crippen LogP contribution is -2.27. The zero-order chi connectivity index (χ0) is 12.1. The summed E-state index contributed by atoms with van der Waals surface area (Å²) in [6, 6.07) is 0. The fourth-order valence-electron chi connectivity index (χ4n) is 1.82. The van der Waals surface area contributed by atoms with E-state index >= 15 is 0 Å². The molecule has 1 atom stereocenters. The summed E-state index contributed by atoms with van der Waals surface area (Å²) in [6.07, 6.45) is 6.48. The van der Waals surface area contributed by atoms with Gasteiger partial charge in [-0.2, -0.15) is 0 Å². The molecule has 2 heterocycles. The minimum absolute atomic E-state index is 0.171. The smallest absolute Gasteiger partial charge is 0.271 e. The molecule has 1 fully saturated rings. The molecule has 1 amide bonds. The first-order valence-electron chi connectivity index (χ1n) is 5.94. The topological polar surface area (TPSA) is 64.1 Å². The average molecular weight is 235 g/mol. The number of amides is 1. The number of hydrogen-bond donors (Lipinski definition) is 1. The molecule has 1 aromatic rings. The molecule has 1 aliphatic rings. The van der Waals surface area contributed by atoms with Gasteiger partial charge in [-0.3, -0.25) is 9.78 Å². The fourth-order valence-corrected chi connectivity index (χ4v) is 1.82. The maximum Gasteiger partial charge on any atom is 0.271 e. The number of nitrogens with zero attached hydrogens (tertiary/aromatic N) is 2. The third-order valence-electron chi connectivity index (χ3n) is 2.79. The van der Waals surface area contributed by atoms with Crippen LogP contribution in [0.25, 0.3) is 0 Å². The van der Waals surface area contributed by atoms with Gasteiger partial charge in [0.25, 0.3) is 5.91 Å². The summed E-state index contributed by atoms with van der Waals surface area (Å²) >= 11 is 0. The zero-order valence-corrected chi connectivity index (χ0v) is 9.98. The van der Waals surface area contributed by atoms with Gasteiger partial charge in [0.2, 0.25) is 0 Å². The van der Waals surface area contributed by atoms with Crippen LogP contribution in [0, 0.1) is 6.92 Å². The largest absolute Gasteiger partial charge is 0.378 e. The van der Waals surface area contributed by atoms with Crippen molar-refractivity contribution in [3.63, 3.8) is 0 Å². The molecular formula is C12H17N3O2. The van der Waals surface area contributed by atoms with Crippen LogP contribution in [0.1, 0.15) is 35.4 Å². The van der Waals surface area contributed by atoms with Crippen LogP contribution < -0.4 is 5.32 Å². The molecule has 5 nitrogen and oxygen atoms in total. The van der Waals surface area contributed by atoms with Crippen LogP contribution in [0.5, 0.6) is 0 Å². The second-order valence-electron chi connectivity index (χ2n) is 4.22. The molecule has 0 bridgehead atoms. The molecule has 1 saturated heterocycles. The van der Waals surface area contributed by atoms with Crippen molar-refractivity contribution in [3.8, 4) is 0 Å². The van der Waals surface area contributed by atoms with Crippen LogP contribution in [0.4, 0.5) is 0 Å². The minimum atomic E-state index is -0.171. The molecule has 0 spiro atoms. The molecule has 1 unspecified atom stereocenters. The van der Waals surface area contributed by atoms with E-state index in [1.165, 1.54) is 6.20 Å². The Morgan fingerprint density at radius 3 is 3.06 bits per heavy atom. The van der Waals surface area contributed by atoms with E-state index in [4.69, 9.17) is 4.74 Å². The van der Waals surface area contributed by atoms with Crippen molar-refractivity contribution in [2.24, 2.45) is 0 Å². The molecule has 0 aliphatic carbocycles. The van der Waals surface area contributed by atoms with E-state index in [1.807, 2.05) is 6.92 Å². The lowest BCUT2D eigenvalue weighted by atomic mass is 10.2. The monoisotopic (exact) mass is 235 g/mol. The van der Waals surface area contributed by atoms with Crippen LogP contribution in [0.15, 0.2) is 12.4 Å². The lowest BCUT2D eigenvalue weighted by Gasteiger charge is -2.09. The highest BCUT2D eigenvalue weighted by Gasteiger charge is 2.15. The SMILES string of the molecule is Cc1cnc(C(=O)NCCC2CCCO2)cn1. The third kappa shape index (κ3) is 3.49. The van der Waals surface area contributed by atoms with Crippen LogP contribution in [-0.4, -0.2) is 35.1 Å². The Kier molecular flexibility index (Phi) is 4.03. The van der Waals surface area contributed by atoms with Gasteiger partial charge in [0.05, 0.1) is 18.0 Å². The average Bonchev–Trinajstić information content (AvgIpc) is 2.83. The number of aromatic nitrogens is 2. The predicted octanol–water partition coefficient (Wildman–Crippen LogP) is 1.08. The molecule has 17 heavy (non-hydrogen) atoms. The van der Waals surface area contributed by atoms with Crippen LogP contribution in [-0.2, 0) is 4.74 Å². The molecule has 1 aliphatic heterocycles. The van der Waals surface area contributed by atoms with Crippen molar-refractivity contribution in [3.05, 3.63) is 23.8 Å². The molecule has 92 valence electrons. The van der Waals surface area contributed by atoms with Gasteiger partial charge in [-0.1, -0.05) is 0 Å². The molecule has 1 aromatic heterocycles. The standard InChI is InChI=1S/C12H17N3O2/c1-9-7-15-11(8-14-9)12(16)13-5-4-10-3-2-6-17-10/h7-8,10H,2-6H2,1H3,(H,13,16). The summed E-state index contributed by atoms with van der Waals surface area (Å²) in [5.74, 6) is -0.171. The Morgan fingerprint density at radius 1 is 1.53 bits per heavy atom. The summed E-state index contributed by atoms with van der Waals surface area (Å²) in [6.45, 7) is 3.31. The van der Waals surface area contributed by atoms with Gasteiger partial charge < -0.3 is 10.1 Å². The van der Waals surface area contributed by atoms with Crippen LogP contribution in [0.3, 0.4) is 0 Å². The first kappa shape index (κ1) is 12.0. The number of carbonyl (C=O) groups is 1. The highest BCUT2D eigenvalue weighted by Crippen LogP contribution is 2.14. The number of hydrogen-bond acceptors (Lipinski definition) is 4. The van der Waals surface area contributed by atoms with Gasteiger partial charge in [-0.05, 0) is 26.2 Å². The zero-order valence-electron chi connectivity index (χ0n) is 9.98. The fraction of sp³-hybridized carbons (Fsp3) is 0.583. The van der Waals surface area contributed by atoms with E-state index in [-0.39, 0.29) is 5.91 Å². The molecule has 0 saturated carbocycles. The Balaban J connectivity index is 1.75. The first-order valence-corrected chi connectivity index (χ1v) is 5.94. The second kappa shape index (κ2) is 5.72. The van der Waals surface area contributed by atoms with Gasteiger partial charge in [0.1, 0.15) is 5.69 Å². The van der Waals surface area contributed by atoms with E-state index in [0.29, 0.717) is 18.3 Å². The van der Waals surface area contributed by atoms with Crippen molar-refractivity contribution in [1.82, 2.24) is 15.3 Å². The summed E-state index contributed by atoms with van der Waals surface area (Å²) < 4.78 is 5.48. The van der Waals surface area contributed by atoms with E-state index in [1.54, 1.807) is 6.20 Å². The van der Waals surface area contributed by atoms with Crippen LogP contribution in [0.2, 0.25) is 0 Å². The van der Waals surface area contributed by atoms with Crippen molar-refractivity contribution in [2.75, 3.05) is 13.2 Å². The number of rotatable bonds is 4. The summed E-state index contributed by atoms with van der Waals surface area (Å²) in [5.41, 5.74) is 1.17. The first-order chi connectivity index (χ1) is 8.25.